The van der Waals surface area contributed by atoms with Gasteiger partial charge in [-0.1, -0.05) is 29.8 Å². The second-order valence-electron chi connectivity index (χ2n) is 6.03. The van der Waals surface area contributed by atoms with Gasteiger partial charge in [-0.05, 0) is 36.2 Å². The molecule has 0 aromatic heterocycles. The van der Waals surface area contributed by atoms with Crippen LogP contribution >= 0.6 is 0 Å². The zero-order chi connectivity index (χ0) is 19.6. The van der Waals surface area contributed by atoms with E-state index >= 15 is 0 Å². The minimum Gasteiger partial charge on any atom is -0.397 e. The van der Waals surface area contributed by atoms with Crippen LogP contribution < -0.4 is 5.73 Å². The van der Waals surface area contributed by atoms with Crippen LogP contribution in [-0.2, 0) is 0 Å². The molecule has 0 saturated heterocycles. The van der Waals surface area contributed by atoms with Gasteiger partial charge in [-0.15, -0.1) is 0 Å². The maximum absolute atomic E-state index is 10.9. The molecule has 0 aliphatic rings. The smallest absolute Gasteiger partial charge is 0.269 e. The van der Waals surface area contributed by atoms with Gasteiger partial charge in [0.15, 0.2) is 0 Å². The van der Waals surface area contributed by atoms with Crippen LogP contribution in [0.4, 0.5) is 11.4 Å². The number of benzene rings is 3. The molecule has 0 fully saturated rings. The Morgan fingerprint density at radius 3 is 1.74 bits per heavy atom. The van der Waals surface area contributed by atoms with E-state index in [0.29, 0.717) is 16.7 Å². The zero-order valence-electron chi connectivity index (χ0n) is 14.4. The lowest BCUT2D eigenvalue weighted by molar-refractivity contribution is -0.384. The van der Waals surface area contributed by atoms with Gasteiger partial charge in [0.1, 0.15) is 12.1 Å². The molecule has 3 aromatic carbocycles. The summed E-state index contributed by atoms with van der Waals surface area (Å²) in [6.45, 7) is 1.96. The SMILES string of the molecule is Cc1ccc(-c2cc(-c3ccc([N+](=O)[O-])cc3)c(C#N)c(N)c2C#N)cc1. The maximum atomic E-state index is 10.9. The maximum Gasteiger partial charge on any atom is 0.269 e. The summed E-state index contributed by atoms with van der Waals surface area (Å²) in [5.41, 5.74) is 10.2. The van der Waals surface area contributed by atoms with E-state index in [1.807, 2.05) is 31.2 Å². The van der Waals surface area contributed by atoms with E-state index in [1.54, 1.807) is 18.2 Å². The molecule has 27 heavy (non-hydrogen) atoms. The van der Waals surface area contributed by atoms with Crippen LogP contribution in [0.3, 0.4) is 0 Å². The molecule has 130 valence electrons. The predicted molar refractivity (Wildman–Crippen MR) is 103 cm³/mol. The van der Waals surface area contributed by atoms with Crippen molar-refractivity contribution >= 4 is 11.4 Å². The number of aryl methyl sites for hydroxylation is 1. The van der Waals surface area contributed by atoms with Crippen molar-refractivity contribution in [3.63, 3.8) is 0 Å². The molecule has 0 heterocycles. The molecule has 6 nitrogen and oxygen atoms in total. The van der Waals surface area contributed by atoms with Gasteiger partial charge in [-0.25, -0.2) is 0 Å². The molecule has 0 bridgehead atoms. The lowest BCUT2D eigenvalue weighted by Gasteiger charge is -2.14. The molecule has 2 N–H and O–H groups in total. The van der Waals surface area contributed by atoms with Gasteiger partial charge in [-0.2, -0.15) is 10.5 Å². The summed E-state index contributed by atoms with van der Waals surface area (Å²) in [4.78, 5) is 10.4. The Balaban J connectivity index is 2.28. The molecule has 0 aliphatic heterocycles. The van der Waals surface area contributed by atoms with Crippen LogP contribution in [0.15, 0.2) is 54.6 Å². The van der Waals surface area contributed by atoms with Crippen molar-refractivity contribution in [3.05, 3.63) is 81.4 Å². The number of nitrogen functional groups attached to an aromatic ring is 1. The van der Waals surface area contributed by atoms with Crippen molar-refractivity contribution in [2.45, 2.75) is 6.92 Å². The van der Waals surface area contributed by atoms with Crippen LogP contribution in [0.5, 0.6) is 0 Å². The predicted octanol–water partition coefficient (Wildman–Crippen LogP) is 4.56. The van der Waals surface area contributed by atoms with E-state index in [1.165, 1.54) is 12.1 Å². The summed E-state index contributed by atoms with van der Waals surface area (Å²) < 4.78 is 0. The van der Waals surface area contributed by atoms with E-state index in [-0.39, 0.29) is 22.5 Å². The minimum absolute atomic E-state index is 0.0439. The first-order valence-corrected chi connectivity index (χ1v) is 8.04. The third kappa shape index (κ3) is 3.20. The fraction of sp³-hybridized carbons (Fsp3) is 0.0476. The lowest BCUT2D eigenvalue weighted by Crippen LogP contribution is -2.01. The minimum atomic E-state index is -0.486. The molecule has 3 rings (SSSR count). The first kappa shape index (κ1) is 17.7. The van der Waals surface area contributed by atoms with Gasteiger partial charge < -0.3 is 5.73 Å². The van der Waals surface area contributed by atoms with Crippen molar-refractivity contribution in [3.8, 4) is 34.4 Å². The summed E-state index contributed by atoms with van der Waals surface area (Å²) in [6.07, 6.45) is 0. The number of nitrogens with zero attached hydrogens (tertiary/aromatic N) is 3. The Labute approximate surface area is 155 Å². The van der Waals surface area contributed by atoms with Crippen LogP contribution in [-0.4, -0.2) is 4.92 Å². The van der Waals surface area contributed by atoms with Crippen molar-refractivity contribution in [2.75, 3.05) is 5.73 Å². The van der Waals surface area contributed by atoms with E-state index in [4.69, 9.17) is 5.73 Å². The average molecular weight is 354 g/mol. The molecule has 0 unspecified atom stereocenters. The van der Waals surface area contributed by atoms with Crippen molar-refractivity contribution in [1.82, 2.24) is 0 Å². The Kier molecular flexibility index (Phi) is 4.57. The van der Waals surface area contributed by atoms with Crippen LogP contribution in [0.2, 0.25) is 0 Å². The van der Waals surface area contributed by atoms with E-state index < -0.39 is 4.92 Å². The van der Waals surface area contributed by atoms with Gasteiger partial charge in [0.05, 0.1) is 21.7 Å². The van der Waals surface area contributed by atoms with Gasteiger partial charge in [-0.3, -0.25) is 10.1 Å². The van der Waals surface area contributed by atoms with Crippen LogP contribution in [0, 0.1) is 39.7 Å². The monoisotopic (exact) mass is 354 g/mol. The summed E-state index contributed by atoms with van der Waals surface area (Å²) in [5, 5.41) is 30.0. The highest BCUT2D eigenvalue weighted by Crippen LogP contribution is 2.37. The molecule has 3 aromatic rings. The van der Waals surface area contributed by atoms with Crippen LogP contribution in [0.1, 0.15) is 16.7 Å². The largest absolute Gasteiger partial charge is 0.397 e. The fourth-order valence-corrected chi connectivity index (χ4v) is 2.90. The summed E-state index contributed by atoms with van der Waals surface area (Å²) in [5.74, 6) is 0. The van der Waals surface area contributed by atoms with Crippen molar-refractivity contribution in [2.24, 2.45) is 0 Å². The molecule has 0 amide bonds. The number of rotatable bonds is 3. The topological polar surface area (TPSA) is 117 Å². The van der Waals surface area contributed by atoms with Crippen molar-refractivity contribution < 1.29 is 4.92 Å². The number of nitrogens with two attached hydrogens (primary N) is 1. The summed E-state index contributed by atoms with van der Waals surface area (Å²) in [7, 11) is 0. The van der Waals surface area contributed by atoms with Gasteiger partial charge >= 0.3 is 0 Å². The molecular formula is C21H14N4O2. The fourth-order valence-electron chi connectivity index (χ4n) is 2.90. The number of hydrogen-bond acceptors (Lipinski definition) is 5. The Hall–Kier alpha value is -4.16. The Morgan fingerprint density at radius 1 is 0.889 bits per heavy atom. The summed E-state index contributed by atoms with van der Waals surface area (Å²) >= 11 is 0. The van der Waals surface area contributed by atoms with E-state index in [2.05, 4.69) is 12.1 Å². The number of nitriles is 2. The molecule has 6 heteroatoms. The number of anilines is 1. The quantitative estimate of drug-likeness (QED) is 0.420. The highest BCUT2D eigenvalue weighted by atomic mass is 16.6. The second-order valence-corrected chi connectivity index (χ2v) is 6.03. The third-order valence-electron chi connectivity index (χ3n) is 4.34. The first-order chi connectivity index (χ1) is 13.0. The number of non-ortho nitro benzene ring substituents is 1. The number of nitro benzene ring substituents is 1. The van der Waals surface area contributed by atoms with E-state index in [0.717, 1.165) is 11.1 Å². The van der Waals surface area contributed by atoms with E-state index in [9.17, 15) is 20.6 Å². The molecule has 0 atom stereocenters. The molecule has 0 saturated carbocycles. The molecular weight excluding hydrogens is 340 g/mol. The second kappa shape index (κ2) is 6.99. The van der Waals surface area contributed by atoms with Crippen LogP contribution in [0.25, 0.3) is 22.3 Å². The number of nitro groups is 1. The first-order valence-electron chi connectivity index (χ1n) is 8.04. The third-order valence-corrected chi connectivity index (χ3v) is 4.34. The Morgan fingerprint density at radius 2 is 1.33 bits per heavy atom. The van der Waals surface area contributed by atoms with Gasteiger partial charge in [0.25, 0.3) is 5.69 Å². The lowest BCUT2D eigenvalue weighted by atomic mass is 9.89. The highest BCUT2D eigenvalue weighted by Gasteiger charge is 2.18. The molecule has 0 spiro atoms. The average Bonchev–Trinajstić information content (AvgIpc) is 2.68. The Bertz CT molecular complexity index is 1120. The molecule has 0 radical (unpaired) electrons. The molecule has 0 aliphatic carbocycles. The number of hydrogen-bond donors (Lipinski definition) is 1. The van der Waals surface area contributed by atoms with Gasteiger partial charge in [0.2, 0.25) is 0 Å². The normalized spacial score (nSPS) is 10.0. The van der Waals surface area contributed by atoms with Crippen molar-refractivity contribution in [1.29, 1.82) is 10.5 Å². The highest BCUT2D eigenvalue weighted by molar-refractivity contribution is 5.89. The summed E-state index contributed by atoms with van der Waals surface area (Å²) in [6, 6.07) is 19.4. The standard InChI is InChI=1S/C21H14N4O2/c1-13-2-4-14(5-3-13)17-10-18(20(12-23)21(24)19(17)11-22)15-6-8-16(9-7-15)25(26)27/h2-10H,24H2,1H3. The van der Waals surface area contributed by atoms with Gasteiger partial charge in [0, 0.05) is 23.3 Å². The zero-order valence-corrected chi connectivity index (χ0v) is 14.4.